The van der Waals surface area contributed by atoms with Gasteiger partial charge in [-0.05, 0) is 50.8 Å². The molecule has 1 rings (SSSR count). The summed E-state index contributed by atoms with van der Waals surface area (Å²) in [6, 6.07) is 6.84. The average Bonchev–Trinajstić information content (AvgIpc) is 2.20. The van der Waals surface area contributed by atoms with E-state index in [1.165, 1.54) is 17.7 Å². The summed E-state index contributed by atoms with van der Waals surface area (Å²) in [5.74, 6) is 0.294. The Morgan fingerprint density at radius 1 is 1.19 bits per heavy atom. The molecule has 2 heteroatoms. The van der Waals surface area contributed by atoms with Crippen LogP contribution in [0.15, 0.2) is 24.3 Å². The Kier molecular flexibility index (Phi) is 4.48. The standard InChI is InChI=1S/C14H22FN/c1-5-11(10-16-14(2,3)4)12-6-8-13(15)9-7-12/h6-9,11,16H,5,10H2,1-4H3. The molecular formula is C14H22FN. The lowest BCUT2D eigenvalue weighted by Crippen LogP contribution is -2.38. The molecule has 0 aliphatic carbocycles. The molecule has 1 atom stereocenters. The zero-order chi connectivity index (χ0) is 12.2. The van der Waals surface area contributed by atoms with E-state index in [2.05, 4.69) is 33.0 Å². The summed E-state index contributed by atoms with van der Waals surface area (Å²) in [5.41, 5.74) is 1.34. The van der Waals surface area contributed by atoms with Gasteiger partial charge < -0.3 is 5.32 Å². The van der Waals surface area contributed by atoms with Gasteiger partial charge in [0.2, 0.25) is 0 Å². The first kappa shape index (κ1) is 13.2. The highest BCUT2D eigenvalue weighted by Gasteiger charge is 2.14. The van der Waals surface area contributed by atoms with Crippen LogP contribution in [0.25, 0.3) is 0 Å². The summed E-state index contributed by atoms with van der Waals surface area (Å²) < 4.78 is 12.8. The summed E-state index contributed by atoms with van der Waals surface area (Å²) in [6.07, 6.45) is 1.06. The topological polar surface area (TPSA) is 12.0 Å². The molecule has 90 valence electrons. The summed E-state index contributed by atoms with van der Waals surface area (Å²) in [7, 11) is 0. The molecule has 0 fully saturated rings. The molecule has 0 bridgehead atoms. The first-order chi connectivity index (χ1) is 7.42. The van der Waals surface area contributed by atoms with Crippen LogP contribution in [0.4, 0.5) is 4.39 Å². The van der Waals surface area contributed by atoms with Crippen molar-refractivity contribution in [2.24, 2.45) is 0 Å². The van der Waals surface area contributed by atoms with Gasteiger partial charge >= 0.3 is 0 Å². The van der Waals surface area contributed by atoms with E-state index in [1.54, 1.807) is 0 Å². The van der Waals surface area contributed by atoms with Gasteiger partial charge in [0.15, 0.2) is 0 Å². The molecule has 1 N–H and O–H groups in total. The monoisotopic (exact) mass is 223 g/mol. The number of nitrogens with one attached hydrogen (secondary N) is 1. The first-order valence-electron chi connectivity index (χ1n) is 5.93. The zero-order valence-corrected chi connectivity index (χ0v) is 10.7. The second kappa shape index (κ2) is 5.44. The number of hydrogen-bond donors (Lipinski definition) is 1. The van der Waals surface area contributed by atoms with Gasteiger partial charge in [-0.3, -0.25) is 0 Å². The van der Waals surface area contributed by atoms with Crippen LogP contribution >= 0.6 is 0 Å². The van der Waals surface area contributed by atoms with Crippen LogP contribution in [0.5, 0.6) is 0 Å². The third-order valence-electron chi connectivity index (χ3n) is 2.71. The van der Waals surface area contributed by atoms with Gasteiger partial charge in [-0.1, -0.05) is 19.1 Å². The summed E-state index contributed by atoms with van der Waals surface area (Å²) in [4.78, 5) is 0. The summed E-state index contributed by atoms with van der Waals surface area (Å²) in [5, 5.41) is 3.49. The fourth-order valence-electron chi connectivity index (χ4n) is 1.66. The Morgan fingerprint density at radius 2 is 1.75 bits per heavy atom. The number of rotatable bonds is 4. The van der Waals surface area contributed by atoms with Gasteiger partial charge in [0, 0.05) is 12.1 Å². The second-order valence-electron chi connectivity index (χ2n) is 5.29. The maximum absolute atomic E-state index is 12.8. The van der Waals surface area contributed by atoms with Crippen molar-refractivity contribution in [1.29, 1.82) is 0 Å². The molecule has 1 aromatic carbocycles. The van der Waals surface area contributed by atoms with E-state index in [4.69, 9.17) is 0 Å². The van der Waals surface area contributed by atoms with Gasteiger partial charge in [0.05, 0.1) is 0 Å². The molecule has 0 aromatic heterocycles. The molecule has 0 radical (unpaired) electrons. The Hall–Kier alpha value is -0.890. The van der Waals surface area contributed by atoms with Crippen molar-refractivity contribution in [3.63, 3.8) is 0 Å². The molecular weight excluding hydrogens is 201 g/mol. The smallest absolute Gasteiger partial charge is 0.123 e. The van der Waals surface area contributed by atoms with Crippen LogP contribution < -0.4 is 5.32 Å². The highest BCUT2D eigenvalue weighted by Crippen LogP contribution is 2.19. The minimum atomic E-state index is -0.164. The highest BCUT2D eigenvalue weighted by atomic mass is 19.1. The molecule has 1 aromatic rings. The number of hydrogen-bond acceptors (Lipinski definition) is 1. The van der Waals surface area contributed by atoms with Crippen molar-refractivity contribution in [3.8, 4) is 0 Å². The molecule has 1 nitrogen and oxygen atoms in total. The lowest BCUT2D eigenvalue weighted by Gasteiger charge is -2.25. The predicted octanol–water partition coefficient (Wildman–Crippen LogP) is 3.71. The fourth-order valence-corrected chi connectivity index (χ4v) is 1.66. The molecule has 0 spiro atoms. The van der Waals surface area contributed by atoms with Gasteiger partial charge in [0.1, 0.15) is 5.82 Å². The normalized spacial score (nSPS) is 13.8. The van der Waals surface area contributed by atoms with E-state index in [0.717, 1.165) is 13.0 Å². The van der Waals surface area contributed by atoms with Crippen molar-refractivity contribution >= 4 is 0 Å². The minimum Gasteiger partial charge on any atom is -0.311 e. The number of halogens is 1. The quantitative estimate of drug-likeness (QED) is 0.820. The Bertz CT molecular complexity index is 311. The van der Waals surface area contributed by atoms with E-state index >= 15 is 0 Å². The van der Waals surface area contributed by atoms with Crippen molar-refractivity contribution in [2.45, 2.75) is 45.6 Å². The van der Waals surface area contributed by atoms with Crippen molar-refractivity contribution in [1.82, 2.24) is 5.32 Å². The summed E-state index contributed by atoms with van der Waals surface area (Å²) >= 11 is 0. The van der Waals surface area contributed by atoms with Crippen LogP contribution in [0.2, 0.25) is 0 Å². The maximum atomic E-state index is 12.8. The average molecular weight is 223 g/mol. The molecule has 0 amide bonds. The number of benzene rings is 1. The van der Waals surface area contributed by atoms with Gasteiger partial charge in [-0.15, -0.1) is 0 Å². The molecule has 0 saturated carbocycles. The van der Waals surface area contributed by atoms with E-state index < -0.39 is 0 Å². The predicted molar refractivity (Wildman–Crippen MR) is 67.2 cm³/mol. The van der Waals surface area contributed by atoms with Crippen LogP contribution in [-0.4, -0.2) is 12.1 Å². The van der Waals surface area contributed by atoms with Gasteiger partial charge in [-0.25, -0.2) is 4.39 Å². The van der Waals surface area contributed by atoms with Crippen LogP contribution in [-0.2, 0) is 0 Å². The molecule has 16 heavy (non-hydrogen) atoms. The molecule has 0 heterocycles. The maximum Gasteiger partial charge on any atom is 0.123 e. The molecule has 0 aliphatic heterocycles. The molecule has 0 saturated heterocycles. The van der Waals surface area contributed by atoms with E-state index in [0.29, 0.717) is 5.92 Å². The SMILES string of the molecule is CCC(CNC(C)(C)C)c1ccc(F)cc1. The fraction of sp³-hybridized carbons (Fsp3) is 0.571. The largest absolute Gasteiger partial charge is 0.311 e. The van der Waals surface area contributed by atoms with Crippen LogP contribution in [0.3, 0.4) is 0 Å². The Morgan fingerprint density at radius 3 is 2.19 bits per heavy atom. The van der Waals surface area contributed by atoms with E-state index in [9.17, 15) is 4.39 Å². The third kappa shape index (κ3) is 4.31. The van der Waals surface area contributed by atoms with Crippen LogP contribution in [0, 0.1) is 5.82 Å². The minimum absolute atomic E-state index is 0.132. The van der Waals surface area contributed by atoms with Crippen LogP contribution in [0.1, 0.15) is 45.6 Å². The van der Waals surface area contributed by atoms with E-state index in [1.807, 2.05) is 12.1 Å². The third-order valence-corrected chi connectivity index (χ3v) is 2.71. The van der Waals surface area contributed by atoms with Crippen molar-refractivity contribution < 1.29 is 4.39 Å². The van der Waals surface area contributed by atoms with Crippen molar-refractivity contribution in [3.05, 3.63) is 35.6 Å². The lowest BCUT2D eigenvalue weighted by molar-refractivity contribution is 0.402. The second-order valence-corrected chi connectivity index (χ2v) is 5.29. The highest BCUT2D eigenvalue weighted by molar-refractivity contribution is 5.20. The van der Waals surface area contributed by atoms with Crippen molar-refractivity contribution in [2.75, 3.05) is 6.54 Å². The van der Waals surface area contributed by atoms with Gasteiger partial charge in [0.25, 0.3) is 0 Å². The van der Waals surface area contributed by atoms with E-state index in [-0.39, 0.29) is 11.4 Å². The summed E-state index contributed by atoms with van der Waals surface area (Å²) in [6.45, 7) is 9.57. The lowest BCUT2D eigenvalue weighted by atomic mass is 9.95. The first-order valence-corrected chi connectivity index (χ1v) is 5.93. The van der Waals surface area contributed by atoms with Gasteiger partial charge in [-0.2, -0.15) is 0 Å². The molecule has 0 aliphatic rings. The Labute approximate surface area is 98.1 Å². The molecule has 1 unspecified atom stereocenters. The Balaban J connectivity index is 2.64. The zero-order valence-electron chi connectivity index (χ0n) is 10.7.